The molecule has 1 unspecified atom stereocenters. The van der Waals surface area contributed by atoms with Crippen molar-refractivity contribution in [2.24, 2.45) is 0 Å². The Morgan fingerprint density at radius 1 is 1.44 bits per heavy atom. The highest BCUT2D eigenvalue weighted by Gasteiger charge is 2.20. The van der Waals surface area contributed by atoms with E-state index in [0.717, 1.165) is 5.69 Å². The molecule has 0 aliphatic rings. The Morgan fingerprint density at radius 2 is 2.11 bits per heavy atom. The van der Waals surface area contributed by atoms with Gasteiger partial charge in [0, 0.05) is 13.7 Å². The highest BCUT2D eigenvalue weighted by Crippen LogP contribution is 2.26. The first-order chi connectivity index (χ1) is 8.60. The van der Waals surface area contributed by atoms with Crippen molar-refractivity contribution >= 4 is 11.7 Å². The fraction of sp³-hybridized carbons (Fsp3) is 0.462. The summed E-state index contributed by atoms with van der Waals surface area (Å²) >= 11 is 0. The van der Waals surface area contributed by atoms with Crippen LogP contribution in [0.3, 0.4) is 0 Å². The van der Waals surface area contributed by atoms with Crippen molar-refractivity contribution in [1.29, 1.82) is 0 Å². The molecule has 0 aliphatic carbocycles. The van der Waals surface area contributed by atoms with Crippen molar-refractivity contribution < 1.29 is 19.4 Å². The summed E-state index contributed by atoms with van der Waals surface area (Å²) in [5, 5.41) is 9.04. The van der Waals surface area contributed by atoms with Gasteiger partial charge in [-0.2, -0.15) is 0 Å². The summed E-state index contributed by atoms with van der Waals surface area (Å²) in [4.78, 5) is 12.8. The number of methoxy groups -OCH3 is 1. The molecule has 0 heterocycles. The molecule has 1 rings (SSSR count). The maximum atomic E-state index is 11.0. The minimum atomic E-state index is -0.960. The van der Waals surface area contributed by atoms with Crippen LogP contribution in [0.5, 0.6) is 5.75 Å². The molecule has 0 spiro atoms. The average Bonchev–Trinajstić information content (AvgIpc) is 2.37. The predicted octanol–water partition coefficient (Wildman–Crippen LogP) is 1.62. The van der Waals surface area contributed by atoms with Gasteiger partial charge in [0.05, 0.1) is 19.3 Å². The Morgan fingerprint density at radius 3 is 2.67 bits per heavy atom. The van der Waals surface area contributed by atoms with E-state index in [1.54, 1.807) is 14.0 Å². The molecule has 18 heavy (non-hydrogen) atoms. The second-order valence-electron chi connectivity index (χ2n) is 3.83. The molecule has 0 fully saturated rings. The van der Waals surface area contributed by atoms with E-state index in [1.807, 2.05) is 36.2 Å². The van der Waals surface area contributed by atoms with Gasteiger partial charge < -0.3 is 19.5 Å². The topological polar surface area (TPSA) is 59.0 Å². The van der Waals surface area contributed by atoms with Crippen LogP contribution in [0.25, 0.3) is 0 Å². The number of carboxylic acids is 1. The van der Waals surface area contributed by atoms with Crippen molar-refractivity contribution in [2.75, 3.05) is 32.2 Å². The van der Waals surface area contributed by atoms with Crippen LogP contribution in [0, 0.1) is 0 Å². The van der Waals surface area contributed by atoms with Crippen LogP contribution >= 0.6 is 0 Å². The van der Waals surface area contributed by atoms with Gasteiger partial charge in [0.2, 0.25) is 0 Å². The van der Waals surface area contributed by atoms with E-state index < -0.39 is 12.1 Å². The maximum absolute atomic E-state index is 11.0. The number of hydrogen-bond acceptors (Lipinski definition) is 4. The number of likely N-dealkylation sites (N-methyl/N-ethyl adjacent to an activating group) is 1. The first-order valence-corrected chi connectivity index (χ1v) is 5.78. The van der Waals surface area contributed by atoms with E-state index in [2.05, 4.69) is 0 Å². The first-order valence-electron chi connectivity index (χ1n) is 5.78. The zero-order valence-electron chi connectivity index (χ0n) is 10.9. The van der Waals surface area contributed by atoms with Crippen molar-refractivity contribution in [1.82, 2.24) is 0 Å². The van der Waals surface area contributed by atoms with Crippen molar-refractivity contribution in [3.63, 3.8) is 0 Å². The standard InChI is InChI=1S/C13H19NO4/c1-4-18-12(13(15)16)9-14(2)10-7-5-6-8-11(10)17-3/h5-8,12H,4,9H2,1-3H3,(H,15,16). The molecule has 0 saturated heterocycles. The van der Waals surface area contributed by atoms with Gasteiger partial charge in [-0.25, -0.2) is 4.79 Å². The van der Waals surface area contributed by atoms with Crippen LogP contribution in [0.2, 0.25) is 0 Å². The number of carboxylic acid groups (broad SMARTS) is 1. The monoisotopic (exact) mass is 253 g/mol. The van der Waals surface area contributed by atoms with Gasteiger partial charge in [-0.3, -0.25) is 0 Å². The maximum Gasteiger partial charge on any atom is 0.334 e. The lowest BCUT2D eigenvalue weighted by molar-refractivity contribution is -0.149. The highest BCUT2D eigenvalue weighted by molar-refractivity contribution is 5.73. The van der Waals surface area contributed by atoms with Gasteiger partial charge in [-0.1, -0.05) is 12.1 Å². The molecule has 0 aromatic heterocycles. The Hall–Kier alpha value is -1.75. The lowest BCUT2D eigenvalue weighted by atomic mass is 10.2. The second-order valence-corrected chi connectivity index (χ2v) is 3.83. The molecular formula is C13H19NO4. The molecule has 1 atom stereocenters. The summed E-state index contributed by atoms with van der Waals surface area (Å²) in [6, 6.07) is 7.46. The SMILES string of the molecule is CCOC(CN(C)c1ccccc1OC)C(=O)O. The largest absolute Gasteiger partial charge is 0.495 e. The lowest BCUT2D eigenvalue weighted by Crippen LogP contribution is -2.37. The quantitative estimate of drug-likeness (QED) is 0.800. The summed E-state index contributed by atoms with van der Waals surface area (Å²) in [6.45, 7) is 2.42. The smallest absolute Gasteiger partial charge is 0.334 e. The minimum absolute atomic E-state index is 0.267. The molecule has 0 amide bonds. The Balaban J connectivity index is 2.79. The molecule has 1 N–H and O–H groups in total. The van der Waals surface area contributed by atoms with Crippen LogP contribution < -0.4 is 9.64 Å². The number of ether oxygens (including phenoxy) is 2. The number of rotatable bonds is 7. The van der Waals surface area contributed by atoms with Gasteiger partial charge in [0.1, 0.15) is 5.75 Å². The van der Waals surface area contributed by atoms with Gasteiger partial charge in [0.15, 0.2) is 6.10 Å². The Labute approximate surface area is 107 Å². The normalized spacial score (nSPS) is 11.9. The highest BCUT2D eigenvalue weighted by atomic mass is 16.5. The second kappa shape index (κ2) is 6.86. The third-order valence-electron chi connectivity index (χ3n) is 2.58. The summed E-state index contributed by atoms with van der Waals surface area (Å²) in [5.41, 5.74) is 0.839. The Bertz CT molecular complexity index is 394. The lowest BCUT2D eigenvalue weighted by Gasteiger charge is -2.24. The number of aliphatic carboxylic acids is 1. The van der Waals surface area contributed by atoms with Crippen LogP contribution in [0.15, 0.2) is 24.3 Å². The molecule has 0 saturated carbocycles. The van der Waals surface area contributed by atoms with Gasteiger partial charge in [-0.15, -0.1) is 0 Å². The van der Waals surface area contributed by atoms with Crippen LogP contribution in [0.1, 0.15) is 6.92 Å². The molecule has 0 bridgehead atoms. The number of carbonyl (C=O) groups is 1. The van der Waals surface area contributed by atoms with E-state index in [9.17, 15) is 4.79 Å². The molecule has 5 nitrogen and oxygen atoms in total. The number of para-hydroxylation sites is 2. The molecule has 1 aromatic carbocycles. The Kier molecular flexibility index (Phi) is 5.45. The summed E-state index contributed by atoms with van der Waals surface area (Å²) in [5.74, 6) is -0.251. The van der Waals surface area contributed by atoms with E-state index in [1.165, 1.54) is 0 Å². The number of hydrogen-bond donors (Lipinski definition) is 1. The van der Waals surface area contributed by atoms with E-state index in [4.69, 9.17) is 14.6 Å². The van der Waals surface area contributed by atoms with Crippen molar-refractivity contribution in [3.8, 4) is 5.75 Å². The predicted molar refractivity (Wildman–Crippen MR) is 69.3 cm³/mol. The summed E-state index contributed by atoms with van der Waals surface area (Å²) in [7, 11) is 3.40. The van der Waals surface area contributed by atoms with Crippen molar-refractivity contribution in [3.05, 3.63) is 24.3 Å². The molecular weight excluding hydrogens is 234 g/mol. The van der Waals surface area contributed by atoms with Crippen LogP contribution in [-0.2, 0) is 9.53 Å². The zero-order valence-corrected chi connectivity index (χ0v) is 10.9. The van der Waals surface area contributed by atoms with Gasteiger partial charge in [-0.05, 0) is 19.1 Å². The van der Waals surface area contributed by atoms with Gasteiger partial charge in [0.25, 0.3) is 0 Å². The number of benzene rings is 1. The molecule has 0 aliphatic heterocycles. The van der Waals surface area contributed by atoms with Crippen LogP contribution in [0.4, 0.5) is 5.69 Å². The third kappa shape index (κ3) is 3.63. The molecule has 0 radical (unpaired) electrons. The first kappa shape index (κ1) is 14.3. The molecule has 5 heteroatoms. The zero-order chi connectivity index (χ0) is 13.5. The average molecular weight is 253 g/mol. The summed E-state index contributed by atoms with van der Waals surface area (Å²) < 4.78 is 10.4. The van der Waals surface area contributed by atoms with E-state index in [-0.39, 0.29) is 6.54 Å². The fourth-order valence-corrected chi connectivity index (χ4v) is 1.70. The van der Waals surface area contributed by atoms with Gasteiger partial charge >= 0.3 is 5.97 Å². The van der Waals surface area contributed by atoms with Crippen LogP contribution in [-0.4, -0.2) is 44.5 Å². The van der Waals surface area contributed by atoms with E-state index >= 15 is 0 Å². The number of nitrogens with zero attached hydrogens (tertiary/aromatic N) is 1. The van der Waals surface area contributed by atoms with E-state index in [0.29, 0.717) is 12.4 Å². The molecule has 1 aromatic rings. The molecule has 100 valence electrons. The van der Waals surface area contributed by atoms with Crippen molar-refractivity contribution in [2.45, 2.75) is 13.0 Å². The third-order valence-corrected chi connectivity index (χ3v) is 2.58. The summed E-state index contributed by atoms with van der Waals surface area (Å²) in [6.07, 6.45) is -0.843. The number of anilines is 1. The minimum Gasteiger partial charge on any atom is -0.495 e. The fourth-order valence-electron chi connectivity index (χ4n) is 1.70.